The average Bonchev–Trinajstić information content (AvgIpc) is 3.65. The van der Waals surface area contributed by atoms with Gasteiger partial charge in [-0.05, 0) is 68.6 Å². The van der Waals surface area contributed by atoms with Crippen LogP contribution < -0.4 is 10.6 Å². The van der Waals surface area contributed by atoms with Crippen molar-refractivity contribution in [3.63, 3.8) is 0 Å². The van der Waals surface area contributed by atoms with Gasteiger partial charge in [0, 0.05) is 23.4 Å². The summed E-state index contributed by atoms with van der Waals surface area (Å²) < 4.78 is 67.7. The lowest BCUT2D eigenvalue weighted by Gasteiger charge is -2.42. The number of hydrogen-bond donors (Lipinski definition) is 4. The first-order chi connectivity index (χ1) is 18.8. The normalized spacial score (nSPS) is 26.8. The highest BCUT2D eigenvalue weighted by atomic mass is 35.5. The molecule has 2 bridgehead atoms. The Morgan fingerprint density at radius 3 is 2.17 bits per heavy atom. The van der Waals surface area contributed by atoms with Crippen molar-refractivity contribution in [3.05, 3.63) is 58.4 Å². The van der Waals surface area contributed by atoms with Crippen molar-refractivity contribution in [2.24, 2.45) is 11.8 Å². The number of benzene rings is 2. The molecule has 0 spiro atoms. The fraction of sp³-hybridized carbons (Fsp3) is 0.481. The summed E-state index contributed by atoms with van der Waals surface area (Å²) in [5, 5.41) is 24.9. The molecule has 3 aliphatic rings. The molecule has 2 amide bonds. The van der Waals surface area contributed by atoms with Gasteiger partial charge in [-0.1, -0.05) is 11.6 Å². The Morgan fingerprint density at radius 1 is 1.02 bits per heavy atom. The number of hydrogen-bond acceptors (Lipinski definition) is 6. The minimum Gasteiger partial charge on any atom is -0.394 e. The summed E-state index contributed by atoms with van der Waals surface area (Å²) in [6.07, 6.45) is 2.42. The quantitative estimate of drug-likeness (QED) is 0.341. The second-order valence-corrected chi connectivity index (χ2v) is 13.7. The standard InChI is InChI=1S/C27H28ClF3N2O6S/c28-19-4-1-14(25(36)32-17-10-20(29)24(31)21(30)11-17)7-22(19)40(38,39)18-8-15-2-3-16(9-18)27(15,37)12-23(35)33-26(13-34)5-6-26/h1,4,7,10-11,15-16,18,34,37H,2-3,5-6,8-9,12-13H2,(H,32,36)(H,33,35)/t15-,16?,18?,27?/m0/s1. The second kappa shape index (κ2) is 10.3. The minimum absolute atomic E-state index is 0.0919. The van der Waals surface area contributed by atoms with E-state index in [-0.39, 0.29) is 52.9 Å². The fourth-order valence-corrected chi connectivity index (χ4v) is 8.50. The lowest BCUT2D eigenvalue weighted by Crippen LogP contribution is -2.52. The number of rotatable bonds is 8. The lowest BCUT2D eigenvalue weighted by molar-refractivity contribution is -0.133. The molecule has 3 saturated carbocycles. The maximum Gasteiger partial charge on any atom is 0.255 e. The summed E-state index contributed by atoms with van der Waals surface area (Å²) in [5.41, 5.74) is -2.51. The van der Waals surface area contributed by atoms with Crippen LogP contribution in [0.15, 0.2) is 35.2 Å². The Morgan fingerprint density at radius 2 is 1.62 bits per heavy atom. The van der Waals surface area contributed by atoms with E-state index in [1.54, 1.807) is 0 Å². The van der Waals surface area contributed by atoms with Crippen molar-refractivity contribution in [2.45, 2.75) is 66.2 Å². The third kappa shape index (κ3) is 5.22. The number of aliphatic hydroxyl groups excluding tert-OH is 1. The third-order valence-electron chi connectivity index (χ3n) is 8.56. The molecule has 0 heterocycles. The summed E-state index contributed by atoms with van der Waals surface area (Å²) in [5.74, 6) is -6.86. The van der Waals surface area contributed by atoms with Gasteiger partial charge in [-0.2, -0.15) is 0 Å². The molecular formula is C27H28ClF3N2O6S. The van der Waals surface area contributed by atoms with Crippen LogP contribution in [0.3, 0.4) is 0 Å². The first-order valence-electron chi connectivity index (χ1n) is 12.9. The molecule has 8 nitrogen and oxygen atoms in total. The Labute approximate surface area is 233 Å². The molecule has 3 fully saturated rings. The van der Waals surface area contributed by atoms with E-state index in [0.717, 1.165) is 6.07 Å². The molecule has 4 N–H and O–H groups in total. The first kappa shape index (κ1) is 28.8. The maximum absolute atomic E-state index is 13.7. The zero-order valence-corrected chi connectivity index (χ0v) is 22.8. The van der Waals surface area contributed by atoms with Crippen molar-refractivity contribution in [1.29, 1.82) is 0 Å². The summed E-state index contributed by atoms with van der Waals surface area (Å²) in [4.78, 5) is 25.1. The van der Waals surface area contributed by atoms with Crippen molar-refractivity contribution in [2.75, 3.05) is 11.9 Å². The number of amides is 2. The predicted octanol–water partition coefficient (Wildman–Crippen LogP) is 3.73. The number of anilines is 1. The smallest absolute Gasteiger partial charge is 0.255 e. The van der Waals surface area contributed by atoms with Crippen LogP contribution in [-0.4, -0.2) is 53.4 Å². The number of sulfone groups is 1. The molecule has 2 aromatic rings. The number of halogens is 4. The number of nitrogens with one attached hydrogen (secondary N) is 2. The van der Waals surface area contributed by atoms with Gasteiger partial charge in [0.1, 0.15) is 0 Å². The van der Waals surface area contributed by atoms with Gasteiger partial charge in [-0.3, -0.25) is 9.59 Å². The zero-order chi connectivity index (χ0) is 29.0. The largest absolute Gasteiger partial charge is 0.394 e. The van der Waals surface area contributed by atoms with Crippen molar-refractivity contribution in [1.82, 2.24) is 5.32 Å². The van der Waals surface area contributed by atoms with E-state index in [9.17, 15) is 41.4 Å². The van der Waals surface area contributed by atoms with Crippen molar-refractivity contribution in [3.8, 4) is 0 Å². The van der Waals surface area contributed by atoms with Gasteiger partial charge in [0.05, 0.1) is 39.3 Å². The van der Waals surface area contributed by atoms with Gasteiger partial charge in [0.25, 0.3) is 5.91 Å². The molecule has 4 atom stereocenters. The number of carbonyl (C=O) groups excluding carboxylic acids is 2. The molecule has 0 aliphatic heterocycles. The van der Waals surface area contributed by atoms with E-state index in [2.05, 4.69) is 10.6 Å². The van der Waals surface area contributed by atoms with Gasteiger partial charge in [-0.15, -0.1) is 0 Å². The van der Waals surface area contributed by atoms with Gasteiger partial charge in [0.15, 0.2) is 27.3 Å². The van der Waals surface area contributed by atoms with Crippen LogP contribution in [-0.2, 0) is 14.6 Å². The highest BCUT2D eigenvalue weighted by Crippen LogP contribution is 2.53. The summed E-state index contributed by atoms with van der Waals surface area (Å²) in [7, 11) is -4.09. The van der Waals surface area contributed by atoms with E-state index in [1.165, 1.54) is 12.1 Å². The number of carbonyl (C=O) groups is 2. The lowest BCUT2D eigenvalue weighted by atomic mass is 9.72. The van der Waals surface area contributed by atoms with E-state index in [0.29, 0.717) is 37.8 Å². The molecule has 2 aromatic carbocycles. The molecular weight excluding hydrogens is 573 g/mol. The molecule has 216 valence electrons. The predicted molar refractivity (Wildman–Crippen MR) is 139 cm³/mol. The van der Waals surface area contributed by atoms with Crippen LogP contribution in [0.2, 0.25) is 5.02 Å². The Balaban J connectivity index is 1.33. The third-order valence-corrected chi connectivity index (χ3v) is 11.2. The second-order valence-electron chi connectivity index (χ2n) is 11.1. The van der Waals surface area contributed by atoms with Crippen molar-refractivity contribution >= 4 is 38.9 Å². The Hall–Kier alpha value is -2.67. The molecule has 0 saturated heterocycles. The molecule has 13 heteroatoms. The van der Waals surface area contributed by atoms with Crippen LogP contribution in [0.25, 0.3) is 0 Å². The average molecular weight is 601 g/mol. The zero-order valence-electron chi connectivity index (χ0n) is 21.2. The van der Waals surface area contributed by atoms with E-state index < -0.39 is 61.4 Å². The highest BCUT2D eigenvalue weighted by Gasteiger charge is 2.57. The highest BCUT2D eigenvalue weighted by molar-refractivity contribution is 7.92. The number of fused-ring (bicyclic) bond motifs is 2. The minimum atomic E-state index is -4.09. The molecule has 0 aromatic heterocycles. The molecule has 0 radical (unpaired) electrons. The summed E-state index contributed by atoms with van der Waals surface area (Å²) >= 11 is 6.24. The van der Waals surface area contributed by atoms with Gasteiger partial charge in [-0.25, -0.2) is 21.6 Å². The van der Waals surface area contributed by atoms with E-state index in [1.807, 2.05) is 0 Å². The monoisotopic (exact) mass is 600 g/mol. The van der Waals surface area contributed by atoms with Gasteiger partial charge < -0.3 is 20.8 Å². The first-order valence-corrected chi connectivity index (χ1v) is 14.8. The Kier molecular flexibility index (Phi) is 7.43. The molecule has 3 aliphatic carbocycles. The molecule has 5 rings (SSSR count). The summed E-state index contributed by atoms with van der Waals surface area (Å²) in [6.45, 7) is -0.181. The van der Waals surface area contributed by atoms with E-state index in [4.69, 9.17) is 11.6 Å². The SMILES string of the molecule is O=C(CC1(O)C2CC[C@H]1CC(S(=O)(=O)c1cc(C(=O)Nc3cc(F)c(F)c(F)c3)ccc1Cl)C2)NC1(CO)CC1. The molecule has 40 heavy (non-hydrogen) atoms. The van der Waals surface area contributed by atoms with Crippen LogP contribution >= 0.6 is 11.6 Å². The van der Waals surface area contributed by atoms with Crippen molar-refractivity contribution < 1.29 is 41.4 Å². The Bertz CT molecular complexity index is 1450. The number of aliphatic hydroxyl groups is 2. The van der Waals surface area contributed by atoms with Gasteiger partial charge >= 0.3 is 0 Å². The summed E-state index contributed by atoms with van der Waals surface area (Å²) in [6, 6.07) is 4.73. The topological polar surface area (TPSA) is 133 Å². The van der Waals surface area contributed by atoms with Crippen LogP contribution in [0.4, 0.5) is 18.9 Å². The van der Waals surface area contributed by atoms with E-state index >= 15 is 0 Å². The fourth-order valence-electron chi connectivity index (χ4n) is 6.10. The molecule has 3 unspecified atom stereocenters. The van der Waals surface area contributed by atoms with Crippen LogP contribution in [0, 0.1) is 29.3 Å². The van der Waals surface area contributed by atoms with Gasteiger partial charge in [0.2, 0.25) is 5.91 Å². The van der Waals surface area contributed by atoms with Crippen LogP contribution in [0.1, 0.15) is 55.3 Å². The maximum atomic E-state index is 13.7. The van der Waals surface area contributed by atoms with Crippen LogP contribution in [0.5, 0.6) is 0 Å².